The first kappa shape index (κ1) is 24.5. The monoisotopic (exact) mass is 450 g/mol. The van der Waals surface area contributed by atoms with Crippen LogP contribution in [0.1, 0.15) is 56.1 Å². The van der Waals surface area contributed by atoms with Crippen LogP contribution in [0.2, 0.25) is 0 Å². The lowest BCUT2D eigenvalue weighted by Gasteiger charge is -2.18. The van der Waals surface area contributed by atoms with Gasteiger partial charge in [0.2, 0.25) is 10.0 Å². The van der Waals surface area contributed by atoms with E-state index in [2.05, 4.69) is 10.0 Å². The summed E-state index contributed by atoms with van der Waals surface area (Å²) in [4.78, 5) is 24.7. The van der Waals surface area contributed by atoms with Crippen LogP contribution in [0.4, 0.5) is 4.39 Å². The van der Waals surface area contributed by atoms with Crippen LogP contribution < -0.4 is 10.0 Å². The van der Waals surface area contributed by atoms with Gasteiger partial charge in [-0.25, -0.2) is 22.3 Å². The third kappa shape index (κ3) is 6.86. The Balaban J connectivity index is 1.97. The van der Waals surface area contributed by atoms with E-state index in [1.165, 1.54) is 43.3 Å². The topological polar surface area (TPSA) is 102 Å². The van der Waals surface area contributed by atoms with Crippen molar-refractivity contribution >= 4 is 21.9 Å². The van der Waals surface area contributed by atoms with Crippen LogP contribution in [0.25, 0.3) is 0 Å². The Morgan fingerprint density at radius 1 is 1.00 bits per heavy atom. The SMILES string of the molecule is CCC(C)NS(=O)(=O)c1ccc(C(=O)OC(C)C(=O)NC(C)c2ccc(F)cc2)cc1. The van der Waals surface area contributed by atoms with Crippen molar-refractivity contribution in [2.24, 2.45) is 0 Å². The molecule has 0 radical (unpaired) electrons. The maximum Gasteiger partial charge on any atom is 0.338 e. The largest absolute Gasteiger partial charge is 0.449 e. The third-order valence-electron chi connectivity index (χ3n) is 4.75. The van der Waals surface area contributed by atoms with Gasteiger partial charge in [0.25, 0.3) is 5.91 Å². The first-order valence-electron chi connectivity index (χ1n) is 9.92. The molecular weight excluding hydrogens is 423 g/mol. The smallest absolute Gasteiger partial charge is 0.338 e. The molecule has 0 bridgehead atoms. The molecule has 31 heavy (non-hydrogen) atoms. The number of ether oxygens (including phenoxy) is 1. The summed E-state index contributed by atoms with van der Waals surface area (Å²) in [6.45, 7) is 6.78. The first-order chi connectivity index (χ1) is 14.5. The summed E-state index contributed by atoms with van der Waals surface area (Å²) in [5, 5.41) is 2.70. The van der Waals surface area contributed by atoms with Crippen LogP contribution >= 0.6 is 0 Å². The van der Waals surface area contributed by atoms with Crippen LogP contribution in [0.5, 0.6) is 0 Å². The van der Waals surface area contributed by atoms with Gasteiger partial charge in [0, 0.05) is 6.04 Å². The van der Waals surface area contributed by atoms with E-state index >= 15 is 0 Å². The van der Waals surface area contributed by atoms with Gasteiger partial charge in [0.15, 0.2) is 6.10 Å². The van der Waals surface area contributed by atoms with Crippen molar-refractivity contribution in [1.29, 1.82) is 0 Å². The average molecular weight is 451 g/mol. The molecule has 0 saturated carbocycles. The number of carbonyl (C=O) groups is 2. The van der Waals surface area contributed by atoms with Gasteiger partial charge >= 0.3 is 5.97 Å². The molecule has 2 aromatic rings. The number of halogens is 1. The molecule has 3 unspecified atom stereocenters. The number of hydrogen-bond donors (Lipinski definition) is 2. The molecule has 0 aliphatic rings. The Hall–Kier alpha value is -2.78. The number of rotatable bonds is 9. The van der Waals surface area contributed by atoms with Crippen molar-refractivity contribution in [3.05, 3.63) is 65.5 Å². The van der Waals surface area contributed by atoms with Gasteiger partial charge < -0.3 is 10.1 Å². The summed E-state index contributed by atoms with van der Waals surface area (Å²) in [6.07, 6.45) is -0.436. The van der Waals surface area contributed by atoms with Gasteiger partial charge in [-0.3, -0.25) is 4.79 Å². The summed E-state index contributed by atoms with van der Waals surface area (Å²) in [6, 6.07) is 10.4. The highest BCUT2D eigenvalue weighted by Crippen LogP contribution is 2.15. The van der Waals surface area contributed by atoms with E-state index in [1.54, 1.807) is 26.0 Å². The Labute approximate surface area is 182 Å². The molecular formula is C22H27FN2O5S. The molecule has 0 fully saturated rings. The Kier molecular flexibility index (Phi) is 8.29. The molecule has 2 N–H and O–H groups in total. The second-order valence-electron chi connectivity index (χ2n) is 7.28. The van der Waals surface area contributed by atoms with E-state index in [9.17, 15) is 22.4 Å². The van der Waals surface area contributed by atoms with E-state index in [4.69, 9.17) is 4.74 Å². The predicted octanol–water partition coefficient (Wildman–Crippen LogP) is 3.33. The summed E-state index contributed by atoms with van der Waals surface area (Å²) in [5.41, 5.74) is 0.824. The van der Waals surface area contributed by atoms with Crippen LogP contribution in [-0.4, -0.2) is 32.4 Å². The minimum Gasteiger partial charge on any atom is -0.449 e. The molecule has 0 saturated heterocycles. The molecule has 9 heteroatoms. The number of nitrogens with one attached hydrogen (secondary N) is 2. The van der Waals surface area contributed by atoms with E-state index < -0.39 is 34.0 Å². The lowest BCUT2D eigenvalue weighted by Crippen LogP contribution is -2.37. The van der Waals surface area contributed by atoms with Crippen molar-refractivity contribution in [2.75, 3.05) is 0 Å². The number of sulfonamides is 1. The normalized spacial score (nSPS) is 14.4. The summed E-state index contributed by atoms with van der Waals surface area (Å²) >= 11 is 0. The van der Waals surface area contributed by atoms with Crippen LogP contribution in [0, 0.1) is 5.82 Å². The molecule has 2 aromatic carbocycles. The van der Waals surface area contributed by atoms with E-state index in [-0.39, 0.29) is 22.3 Å². The van der Waals surface area contributed by atoms with Crippen molar-refractivity contribution in [3.63, 3.8) is 0 Å². The summed E-state index contributed by atoms with van der Waals surface area (Å²) in [7, 11) is -3.68. The van der Waals surface area contributed by atoms with E-state index in [0.29, 0.717) is 12.0 Å². The number of amides is 1. The molecule has 3 atom stereocenters. The zero-order valence-corrected chi connectivity index (χ0v) is 18.7. The molecule has 0 aliphatic carbocycles. The molecule has 0 heterocycles. The highest BCUT2D eigenvalue weighted by atomic mass is 32.2. The quantitative estimate of drug-likeness (QED) is 0.571. The van der Waals surface area contributed by atoms with Crippen molar-refractivity contribution in [3.8, 4) is 0 Å². The molecule has 168 valence electrons. The molecule has 7 nitrogen and oxygen atoms in total. The molecule has 0 aromatic heterocycles. The van der Waals surface area contributed by atoms with Gasteiger partial charge in [-0.05, 0) is 69.2 Å². The van der Waals surface area contributed by atoms with Crippen LogP contribution in [-0.2, 0) is 19.6 Å². The van der Waals surface area contributed by atoms with Crippen molar-refractivity contribution in [1.82, 2.24) is 10.0 Å². The van der Waals surface area contributed by atoms with E-state index in [0.717, 1.165) is 0 Å². The lowest BCUT2D eigenvalue weighted by atomic mass is 10.1. The van der Waals surface area contributed by atoms with Gasteiger partial charge in [-0.1, -0.05) is 19.1 Å². The molecule has 0 spiro atoms. The van der Waals surface area contributed by atoms with Crippen LogP contribution in [0.15, 0.2) is 53.4 Å². The van der Waals surface area contributed by atoms with Gasteiger partial charge in [-0.2, -0.15) is 0 Å². The third-order valence-corrected chi connectivity index (χ3v) is 6.36. The zero-order valence-electron chi connectivity index (χ0n) is 17.9. The highest BCUT2D eigenvalue weighted by Gasteiger charge is 2.22. The minimum absolute atomic E-state index is 0.0308. The van der Waals surface area contributed by atoms with E-state index in [1.807, 2.05) is 6.92 Å². The first-order valence-corrected chi connectivity index (χ1v) is 11.4. The van der Waals surface area contributed by atoms with Crippen molar-refractivity contribution in [2.45, 2.75) is 57.2 Å². The number of hydrogen-bond acceptors (Lipinski definition) is 5. The maximum absolute atomic E-state index is 13.0. The second kappa shape index (κ2) is 10.5. The fourth-order valence-corrected chi connectivity index (χ4v) is 3.96. The Morgan fingerprint density at radius 2 is 1.58 bits per heavy atom. The summed E-state index contributed by atoms with van der Waals surface area (Å²) < 4.78 is 45.3. The van der Waals surface area contributed by atoms with Gasteiger partial charge in [0.1, 0.15) is 5.82 Å². The van der Waals surface area contributed by atoms with Crippen molar-refractivity contribution < 1.29 is 27.1 Å². The minimum atomic E-state index is -3.68. The van der Waals surface area contributed by atoms with Gasteiger partial charge in [-0.15, -0.1) is 0 Å². The average Bonchev–Trinajstić information content (AvgIpc) is 2.73. The lowest BCUT2D eigenvalue weighted by molar-refractivity contribution is -0.129. The molecule has 2 rings (SSSR count). The van der Waals surface area contributed by atoms with Crippen LogP contribution in [0.3, 0.4) is 0 Å². The maximum atomic E-state index is 13.0. The number of benzene rings is 2. The predicted molar refractivity (Wildman–Crippen MR) is 114 cm³/mol. The molecule has 1 amide bonds. The zero-order chi connectivity index (χ0) is 23.2. The number of carbonyl (C=O) groups excluding carboxylic acids is 2. The fourth-order valence-electron chi connectivity index (χ4n) is 2.63. The standard InChI is InChI=1S/C22H27FN2O5S/c1-5-14(2)25-31(28,29)20-12-8-18(9-13-20)22(27)30-16(4)21(26)24-15(3)17-6-10-19(23)11-7-17/h6-16,25H,5H2,1-4H3,(H,24,26). The Morgan fingerprint density at radius 3 is 2.13 bits per heavy atom. The van der Waals surface area contributed by atoms with Gasteiger partial charge in [0.05, 0.1) is 16.5 Å². The highest BCUT2D eigenvalue weighted by molar-refractivity contribution is 7.89. The second-order valence-corrected chi connectivity index (χ2v) is 9.00. The molecule has 0 aliphatic heterocycles. The number of esters is 1. The summed E-state index contributed by atoms with van der Waals surface area (Å²) in [5.74, 6) is -1.64. The Bertz CT molecular complexity index is 1010. The fraction of sp³-hybridized carbons (Fsp3) is 0.364.